The van der Waals surface area contributed by atoms with Gasteiger partial charge in [0.1, 0.15) is 0 Å². The van der Waals surface area contributed by atoms with Crippen molar-refractivity contribution in [3.8, 4) is 0 Å². The summed E-state index contributed by atoms with van der Waals surface area (Å²) in [5.41, 5.74) is 2.68. The fourth-order valence-electron chi connectivity index (χ4n) is 3.11. The number of nitrogens with zero attached hydrogens (tertiary/aromatic N) is 2. The van der Waals surface area contributed by atoms with Crippen LogP contribution in [0.5, 0.6) is 0 Å². The van der Waals surface area contributed by atoms with Crippen LogP contribution in [0.3, 0.4) is 0 Å². The molecule has 2 N–H and O–H groups in total. The summed E-state index contributed by atoms with van der Waals surface area (Å²) in [4.78, 5) is 6.82. The second-order valence-electron chi connectivity index (χ2n) is 6.56. The quantitative estimate of drug-likeness (QED) is 0.432. The van der Waals surface area contributed by atoms with E-state index >= 15 is 0 Å². The minimum atomic E-state index is 0.697. The first kappa shape index (κ1) is 19.7. The number of hydrogen-bond donors (Lipinski definition) is 2. The van der Waals surface area contributed by atoms with Crippen LogP contribution >= 0.6 is 0 Å². The Morgan fingerprint density at radius 2 is 1.72 bits per heavy atom. The summed E-state index contributed by atoms with van der Waals surface area (Å²) in [6.45, 7) is 8.55. The number of rotatable bonds is 8. The van der Waals surface area contributed by atoms with Gasteiger partial charge in [-0.1, -0.05) is 37.1 Å². The number of ether oxygens (including phenoxy) is 1. The van der Waals surface area contributed by atoms with E-state index in [1.54, 1.807) is 7.05 Å². The molecule has 0 aromatic heterocycles. The van der Waals surface area contributed by atoms with Gasteiger partial charge in [0, 0.05) is 33.3 Å². The molecular formula is C20H34N4O. The molecule has 0 amide bonds. The molecule has 0 saturated carbocycles. The van der Waals surface area contributed by atoms with Gasteiger partial charge >= 0.3 is 0 Å². The molecule has 0 atom stereocenters. The van der Waals surface area contributed by atoms with Crippen molar-refractivity contribution in [1.82, 2.24) is 15.5 Å². The zero-order valence-corrected chi connectivity index (χ0v) is 15.9. The van der Waals surface area contributed by atoms with Gasteiger partial charge in [0.15, 0.2) is 5.96 Å². The van der Waals surface area contributed by atoms with Gasteiger partial charge in [-0.2, -0.15) is 0 Å². The van der Waals surface area contributed by atoms with Crippen molar-refractivity contribution in [2.75, 3.05) is 39.9 Å². The lowest BCUT2D eigenvalue weighted by Gasteiger charge is -2.20. The van der Waals surface area contributed by atoms with Crippen LogP contribution < -0.4 is 10.6 Å². The zero-order valence-electron chi connectivity index (χ0n) is 15.9. The third kappa shape index (κ3) is 7.88. The summed E-state index contributed by atoms with van der Waals surface area (Å²) >= 11 is 0. The number of benzene rings is 1. The standard InChI is InChI=1S/C20H34N4O/c1-3-25-15-12-22-20(21-2)23-16-18-8-10-19(11-9-18)17-24-13-6-4-5-7-14-24/h8-11H,3-7,12-17H2,1-2H3,(H2,21,22,23). The number of hydrogen-bond acceptors (Lipinski definition) is 3. The number of guanidine groups is 1. The Kier molecular flexibility index (Phi) is 9.37. The maximum atomic E-state index is 5.33. The van der Waals surface area contributed by atoms with Crippen LogP contribution in [0, 0.1) is 0 Å². The van der Waals surface area contributed by atoms with Crippen molar-refractivity contribution >= 4 is 5.96 Å². The Morgan fingerprint density at radius 1 is 1.04 bits per heavy atom. The van der Waals surface area contributed by atoms with Crippen LogP contribution in [0.4, 0.5) is 0 Å². The molecule has 2 rings (SSSR count). The number of likely N-dealkylation sites (tertiary alicyclic amines) is 1. The van der Waals surface area contributed by atoms with Gasteiger partial charge in [0.2, 0.25) is 0 Å². The molecule has 1 aromatic carbocycles. The van der Waals surface area contributed by atoms with Gasteiger partial charge in [-0.15, -0.1) is 0 Å². The average molecular weight is 347 g/mol. The van der Waals surface area contributed by atoms with E-state index in [4.69, 9.17) is 4.74 Å². The molecule has 1 aliphatic heterocycles. The Hall–Kier alpha value is -1.59. The van der Waals surface area contributed by atoms with E-state index < -0.39 is 0 Å². The van der Waals surface area contributed by atoms with Crippen LogP contribution in [0.15, 0.2) is 29.3 Å². The first-order valence-electron chi connectivity index (χ1n) is 9.64. The van der Waals surface area contributed by atoms with Crippen molar-refractivity contribution < 1.29 is 4.74 Å². The fraction of sp³-hybridized carbons (Fsp3) is 0.650. The van der Waals surface area contributed by atoms with Gasteiger partial charge in [-0.3, -0.25) is 9.89 Å². The lowest BCUT2D eigenvalue weighted by molar-refractivity contribution is 0.152. The minimum Gasteiger partial charge on any atom is -0.380 e. The van der Waals surface area contributed by atoms with E-state index in [1.165, 1.54) is 49.9 Å². The topological polar surface area (TPSA) is 48.9 Å². The van der Waals surface area contributed by atoms with E-state index in [0.717, 1.165) is 32.2 Å². The number of aliphatic imine (C=N–C) groups is 1. The number of nitrogens with one attached hydrogen (secondary N) is 2. The Morgan fingerprint density at radius 3 is 2.36 bits per heavy atom. The second kappa shape index (κ2) is 11.9. The molecule has 25 heavy (non-hydrogen) atoms. The summed E-state index contributed by atoms with van der Waals surface area (Å²) in [5.74, 6) is 0.813. The first-order chi connectivity index (χ1) is 12.3. The fourth-order valence-corrected chi connectivity index (χ4v) is 3.11. The van der Waals surface area contributed by atoms with Gasteiger partial charge < -0.3 is 15.4 Å². The highest BCUT2D eigenvalue weighted by Gasteiger charge is 2.09. The van der Waals surface area contributed by atoms with Crippen LogP contribution in [0.1, 0.15) is 43.7 Å². The van der Waals surface area contributed by atoms with E-state index in [-0.39, 0.29) is 0 Å². The third-order valence-electron chi connectivity index (χ3n) is 4.55. The van der Waals surface area contributed by atoms with Crippen LogP contribution in [-0.4, -0.2) is 50.8 Å². The second-order valence-corrected chi connectivity index (χ2v) is 6.56. The first-order valence-corrected chi connectivity index (χ1v) is 9.64. The Labute approximate surface area is 152 Å². The highest BCUT2D eigenvalue weighted by molar-refractivity contribution is 5.79. The van der Waals surface area contributed by atoms with Gasteiger partial charge in [-0.25, -0.2) is 0 Å². The molecule has 1 aliphatic rings. The summed E-state index contributed by atoms with van der Waals surface area (Å²) in [5, 5.41) is 6.60. The molecule has 0 aliphatic carbocycles. The smallest absolute Gasteiger partial charge is 0.191 e. The molecule has 140 valence electrons. The zero-order chi connectivity index (χ0) is 17.7. The van der Waals surface area contributed by atoms with E-state index in [1.807, 2.05) is 6.92 Å². The molecule has 0 unspecified atom stereocenters. The maximum absolute atomic E-state index is 5.33. The van der Waals surface area contributed by atoms with E-state index in [0.29, 0.717) is 6.61 Å². The van der Waals surface area contributed by atoms with Crippen molar-refractivity contribution in [1.29, 1.82) is 0 Å². The van der Waals surface area contributed by atoms with Gasteiger partial charge in [0.05, 0.1) is 6.61 Å². The van der Waals surface area contributed by atoms with E-state index in [2.05, 4.69) is 44.8 Å². The molecule has 1 saturated heterocycles. The molecule has 1 heterocycles. The van der Waals surface area contributed by atoms with Crippen LogP contribution in [-0.2, 0) is 17.8 Å². The van der Waals surface area contributed by atoms with E-state index in [9.17, 15) is 0 Å². The Bertz CT molecular complexity index is 493. The molecule has 0 spiro atoms. The average Bonchev–Trinajstić information content (AvgIpc) is 2.91. The van der Waals surface area contributed by atoms with Crippen molar-refractivity contribution in [2.24, 2.45) is 4.99 Å². The molecule has 5 heteroatoms. The largest absolute Gasteiger partial charge is 0.380 e. The summed E-state index contributed by atoms with van der Waals surface area (Å²) in [6, 6.07) is 8.95. The third-order valence-corrected chi connectivity index (χ3v) is 4.55. The lowest BCUT2D eigenvalue weighted by atomic mass is 10.1. The summed E-state index contributed by atoms with van der Waals surface area (Å²) in [6.07, 6.45) is 5.47. The monoisotopic (exact) mass is 346 g/mol. The highest BCUT2D eigenvalue weighted by Crippen LogP contribution is 2.13. The predicted octanol–water partition coefficient (Wildman–Crippen LogP) is 2.76. The SMILES string of the molecule is CCOCCNC(=NC)NCc1ccc(CN2CCCCCC2)cc1. The van der Waals surface area contributed by atoms with Gasteiger partial charge in [-0.05, 0) is 44.0 Å². The molecule has 1 fully saturated rings. The predicted molar refractivity (Wildman–Crippen MR) is 105 cm³/mol. The van der Waals surface area contributed by atoms with Gasteiger partial charge in [0.25, 0.3) is 0 Å². The van der Waals surface area contributed by atoms with Crippen molar-refractivity contribution in [3.63, 3.8) is 0 Å². The minimum absolute atomic E-state index is 0.697. The maximum Gasteiger partial charge on any atom is 0.191 e. The molecular weight excluding hydrogens is 312 g/mol. The molecule has 5 nitrogen and oxygen atoms in total. The molecule has 0 radical (unpaired) electrons. The highest BCUT2D eigenvalue weighted by atomic mass is 16.5. The lowest BCUT2D eigenvalue weighted by Crippen LogP contribution is -2.38. The summed E-state index contributed by atoms with van der Waals surface area (Å²) in [7, 11) is 1.79. The van der Waals surface area contributed by atoms with Crippen LogP contribution in [0.2, 0.25) is 0 Å². The van der Waals surface area contributed by atoms with Crippen molar-refractivity contribution in [2.45, 2.75) is 45.7 Å². The van der Waals surface area contributed by atoms with Crippen LogP contribution in [0.25, 0.3) is 0 Å². The normalized spacial score (nSPS) is 16.5. The Balaban J connectivity index is 1.73. The van der Waals surface area contributed by atoms with Crippen molar-refractivity contribution in [3.05, 3.63) is 35.4 Å². The molecule has 0 bridgehead atoms. The summed E-state index contributed by atoms with van der Waals surface area (Å²) < 4.78 is 5.33. The molecule has 1 aromatic rings.